The molecule has 1 aromatic carbocycles. The number of rotatable bonds is 3. The molecule has 1 unspecified atom stereocenters. The molecule has 2 amide bonds. The zero-order chi connectivity index (χ0) is 13.3. The van der Waals surface area contributed by atoms with E-state index >= 15 is 0 Å². The Hall–Kier alpha value is -2.08. The van der Waals surface area contributed by atoms with Crippen molar-refractivity contribution in [2.75, 3.05) is 19.1 Å². The van der Waals surface area contributed by atoms with Crippen molar-refractivity contribution in [3.8, 4) is 11.5 Å². The summed E-state index contributed by atoms with van der Waals surface area (Å²) >= 11 is 0. The van der Waals surface area contributed by atoms with E-state index in [0.717, 1.165) is 4.90 Å². The molecule has 1 saturated heterocycles. The van der Waals surface area contributed by atoms with Crippen LogP contribution in [0, 0.1) is 0 Å². The molecule has 0 saturated carbocycles. The molecule has 2 N–H and O–H groups in total. The first-order chi connectivity index (χ1) is 8.58. The summed E-state index contributed by atoms with van der Waals surface area (Å²) in [5.41, 5.74) is 6.00. The number of nitrogens with zero attached hydrogens (tertiary/aromatic N) is 1. The van der Waals surface area contributed by atoms with Crippen LogP contribution in [0.4, 0.5) is 5.69 Å². The summed E-state index contributed by atoms with van der Waals surface area (Å²) in [5, 5.41) is 0. The van der Waals surface area contributed by atoms with Crippen LogP contribution in [0.3, 0.4) is 0 Å². The van der Waals surface area contributed by atoms with E-state index in [0.29, 0.717) is 17.2 Å². The molecule has 1 aliphatic rings. The molecular weight excluding hydrogens is 236 g/mol. The molecule has 1 fully saturated rings. The number of imide groups is 1. The predicted octanol–water partition coefficient (Wildman–Crippen LogP) is 0.294. The van der Waals surface area contributed by atoms with Crippen LogP contribution in [-0.4, -0.2) is 32.1 Å². The fourth-order valence-electron chi connectivity index (χ4n) is 1.89. The highest BCUT2D eigenvalue weighted by molar-refractivity contribution is 6.22. The van der Waals surface area contributed by atoms with E-state index < -0.39 is 11.9 Å². The Morgan fingerprint density at radius 2 is 1.89 bits per heavy atom. The van der Waals surface area contributed by atoms with Crippen molar-refractivity contribution in [3.63, 3.8) is 0 Å². The van der Waals surface area contributed by atoms with Crippen molar-refractivity contribution >= 4 is 17.5 Å². The summed E-state index contributed by atoms with van der Waals surface area (Å²) in [4.78, 5) is 24.6. The number of nitrogens with two attached hydrogens (primary N) is 1. The summed E-state index contributed by atoms with van der Waals surface area (Å²) in [5.74, 6) is 0.285. The van der Waals surface area contributed by atoms with Gasteiger partial charge >= 0.3 is 0 Å². The molecule has 6 nitrogen and oxygen atoms in total. The number of anilines is 1. The quantitative estimate of drug-likeness (QED) is 0.780. The van der Waals surface area contributed by atoms with Gasteiger partial charge in [-0.25, -0.2) is 4.90 Å². The summed E-state index contributed by atoms with van der Waals surface area (Å²) in [6.07, 6.45) is 0.0349. The molecule has 96 valence electrons. The Bertz CT molecular complexity index is 501. The van der Waals surface area contributed by atoms with Gasteiger partial charge < -0.3 is 15.2 Å². The minimum atomic E-state index is -0.759. The molecular formula is C12H14N2O4. The lowest BCUT2D eigenvalue weighted by molar-refractivity contribution is -0.121. The van der Waals surface area contributed by atoms with Crippen molar-refractivity contribution in [1.82, 2.24) is 0 Å². The highest BCUT2D eigenvalue weighted by Crippen LogP contribution is 2.33. The van der Waals surface area contributed by atoms with Crippen molar-refractivity contribution in [1.29, 1.82) is 0 Å². The first kappa shape index (κ1) is 12.4. The number of hydrogen-bond donors (Lipinski definition) is 1. The van der Waals surface area contributed by atoms with Gasteiger partial charge in [-0.3, -0.25) is 9.59 Å². The number of carbonyl (C=O) groups excluding carboxylic acids is 2. The third kappa shape index (κ3) is 1.91. The molecule has 0 spiro atoms. The Labute approximate surface area is 104 Å². The van der Waals surface area contributed by atoms with Gasteiger partial charge in [-0.2, -0.15) is 0 Å². The SMILES string of the molecule is COc1ccc(N2C(=O)CC(N)C2=O)cc1OC. The Morgan fingerprint density at radius 1 is 1.22 bits per heavy atom. The fourth-order valence-corrected chi connectivity index (χ4v) is 1.89. The number of methoxy groups -OCH3 is 2. The summed E-state index contributed by atoms with van der Waals surface area (Å²) in [7, 11) is 3.00. The second-order valence-electron chi connectivity index (χ2n) is 3.92. The maximum absolute atomic E-state index is 11.8. The first-order valence-electron chi connectivity index (χ1n) is 5.43. The van der Waals surface area contributed by atoms with Gasteiger partial charge in [-0.15, -0.1) is 0 Å². The molecule has 18 heavy (non-hydrogen) atoms. The molecule has 1 aliphatic heterocycles. The van der Waals surface area contributed by atoms with Crippen LogP contribution >= 0.6 is 0 Å². The van der Waals surface area contributed by atoms with Gasteiger partial charge in [-0.05, 0) is 12.1 Å². The maximum atomic E-state index is 11.8. The standard InChI is InChI=1S/C12H14N2O4/c1-17-9-4-3-7(5-10(9)18-2)14-11(15)6-8(13)12(14)16/h3-5,8H,6,13H2,1-2H3. The van der Waals surface area contributed by atoms with Gasteiger partial charge in [0.1, 0.15) is 0 Å². The van der Waals surface area contributed by atoms with Gasteiger partial charge in [0, 0.05) is 6.07 Å². The van der Waals surface area contributed by atoms with Crippen LogP contribution in [0.2, 0.25) is 0 Å². The van der Waals surface area contributed by atoms with E-state index in [1.54, 1.807) is 18.2 Å². The molecule has 0 radical (unpaired) electrons. The largest absolute Gasteiger partial charge is 0.493 e. The minimum Gasteiger partial charge on any atom is -0.493 e. The number of amides is 2. The average Bonchev–Trinajstić information content (AvgIpc) is 2.62. The average molecular weight is 250 g/mol. The van der Waals surface area contributed by atoms with Gasteiger partial charge in [0.15, 0.2) is 11.5 Å². The van der Waals surface area contributed by atoms with Crippen LogP contribution in [0.25, 0.3) is 0 Å². The van der Waals surface area contributed by atoms with Crippen LogP contribution < -0.4 is 20.1 Å². The number of benzene rings is 1. The van der Waals surface area contributed by atoms with Crippen molar-refractivity contribution in [2.24, 2.45) is 5.73 Å². The molecule has 1 heterocycles. The molecule has 0 aromatic heterocycles. The highest BCUT2D eigenvalue weighted by atomic mass is 16.5. The van der Waals surface area contributed by atoms with Crippen molar-refractivity contribution in [2.45, 2.75) is 12.5 Å². The second-order valence-corrected chi connectivity index (χ2v) is 3.92. The molecule has 1 aromatic rings. The van der Waals surface area contributed by atoms with Crippen LogP contribution in [0.1, 0.15) is 6.42 Å². The minimum absolute atomic E-state index is 0.0349. The third-order valence-electron chi connectivity index (χ3n) is 2.81. The zero-order valence-corrected chi connectivity index (χ0v) is 10.2. The van der Waals surface area contributed by atoms with Crippen LogP contribution in [0.5, 0.6) is 11.5 Å². The van der Waals surface area contributed by atoms with Gasteiger partial charge in [0.05, 0.1) is 32.4 Å². The highest BCUT2D eigenvalue weighted by Gasteiger charge is 2.37. The number of carbonyl (C=O) groups is 2. The van der Waals surface area contributed by atoms with E-state index in [1.807, 2.05) is 0 Å². The van der Waals surface area contributed by atoms with E-state index in [-0.39, 0.29) is 12.3 Å². The van der Waals surface area contributed by atoms with Gasteiger partial charge in [0.25, 0.3) is 5.91 Å². The summed E-state index contributed by atoms with van der Waals surface area (Å²) < 4.78 is 10.2. The maximum Gasteiger partial charge on any atom is 0.251 e. The normalized spacial score (nSPS) is 19.3. The Balaban J connectivity index is 2.40. The van der Waals surface area contributed by atoms with Crippen molar-refractivity contribution in [3.05, 3.63) is 18.2 Å². The zero-order valence-electron chi connectivity index (χ0n) is 10.2. The Kier molecular flexibility index (Phi) is 3.20. The summed E-state index contributed by atoms with van der Waals surface area (Å²) in [6, 6.07) is 4.08. The van der Waals surface area contributed by atoms with E-state index in [2.05, 4.69) is 0 Å². The van der Waals surface area contributed by atoms with Crippen molar-refractivity contribution < 1.29 is 19.1 Å². The van der Waals surface area contributed by atoms with E-state index in [9.17, 15) is 9.59 Å². The number of hydrogen-bond acceptors (Lipinski definition) is 5. The molecule has 0 bridgehead atoms. The molecule has 1 atom stereocenters. The molecule has 2 rings (SSSR count). The monoisotopic (exact) mass is 250 g/mol. The van der Waals surface area contributed by atoms with E-state index in [1.165, 1.54) is 14.2 Å². The lowest BCUT2D eigenvalue weighted by Gasteiger charge is -2.16. The van der Waals surface area contributed by atoms with Crippen LogP contribution in [-0.2, 0) is 9.59 Å². The third-order valence-corrected chi connectivity index (χ3v) is 2.81. The molecule has 6 heteroatoms. The molecule has 0 aliphatic carbocycles. The fraction of sp³-hybridized carbons (Fsp3) is 0.333. The second kappa shape index (κ2) is 4.66. The lowest BCUT2D eigenvalue weighted by atomic mass is 10.2. The predicted molar refractivity (Wildman–Crippen MR) is 64.6 cm³/mol. The first-order valence-corrected chi connectivity index (χ1v) is 5.43. The summed E-state index contributed by atoms with van der Waals surface area (Å²) in [6.45, 7) is 0. The topological polar surface area (TPSA) is 81.9 Å². The lowest BCUT2D eigenvalue weighted by Crippen LogP contribution is -2.35. The van der Waals surface area contributed by atoms with E-state index in [4.69, 9.17) is 15.2 Å². The van der Waals surface area contributed by atoms with Gasteiger partial charge in [-0.1, -0.05) is 0 Å². The number of ether oxygens (including phenoxy) is 2. The van der Waals surface area contributed by atoms with Gasteiger partial charge in [0.2, 0.25) is 5.91 Å². The smallest absolute Gasteiger partial charge is 0.251 e. The Morgan fingerprint density at radius 3 is 2.39 bits per heavy atom. The van der Waals surface area contributed by atoms with Crippen LogP contribution in [0.15, 0.2) is 18.2 Å².